The molecule has 0 aromatic rings. The smallest absolute Gasteiger partial charge is 0.346 e. The molecule has 0 aromatic heterocycles. The third-order valence-corrected chi connectivity index (χ3v) is 1.42. The minimum absolute atomic E-state index is 0.216. The zero-order valence-electron chi connectivity index (χ0n) is 5.63. The van der Waals surface area contributed by atoms with Gasteiger partial charge in [-0.05, 0) is 22.9 Å². The molecule has 0 amide bonds. The van der Waals surface area contributed by atoms with Crippen LogP contribution in [0.3, 0.4) is 0 Å². The van der Waals surface area contributed by atoms with Gasteiger partial charge in [-0.2, -0.15) is 0 Å². The molecule has 1 unspecified atom stereocenters. The number of ether oxygens (including phenoxy) is 1. The van der Waals surface area contributed by atoms with E-state index in [1.54, 1.807) is 0 Å². The Bertz CT molecular complexity index is 142. The van der Waals surface area contributed by atoms with Crippen molar-refractivity contribution in [3.8, 4) is 0 Å². The van der Waals surface area contributed by atoms with Crippen molar-refractivity contribution in [3.05, 3.63) is 12.7 Å². The van der Waals surface area contributed by atoms with Crippen LogP contribution >= 0.6 is 15.9 Å². The van der Waals surface area contributed by atoms with Gasteiger partial charge in [0.1, 0.15) is 0 Å². The standard InChI is InChI=1S/C6H9BrO3/c1-3-4-10-6(2,7)5(8)9/h3H,1,4H2,2H3,(H,8,9). The number of carbonyl (C=O) groups is 1. The minimum atomic E-state index is -1.29. The molecule has 1 atom stereocenters. The Morgan fingerprint density at radius 3 is 2.80 bits per heavy atom. The topological polar surface area (TPSA) is 46.5 Å². The normalized spacial score (nSPS) is 15.8. The van der Waals surface area contributed by atoms with Gasteiger partial charge in [0.2, 0.25) is 4.51 Å². The number of hydrogen-bond donors (Lipinski definition) is 1. The van der Waals surface area contributed by atoms with Crippen LogP contribution in [0.25, 0.3) is 0 Å². The molecule has 0 fully saturated rings. The maximum absolute atomic E-state index is 10.3. The van der Waals surface area contributed by atoms with E-state index in [-0.39, 0.29) is 6.61 Å². The lowest BCUT2D eigenvalue weighted by atomic mass is 10.4. The maximum Gasteiger partial charge on any atom is 0.346 e. The van der Waals surface area contributed by atoms with Gasteiger partial charge in [-0.15, -0.1) is 6.58 Å². The van der Waals surface area contributed by atoms with Crippen molar-refractivity contribution >= 4 is 21.9 Å². The molecule has 0 bridgehead atoms. The molecular weight excluding hydrogens is 200 g/mol. The van der Waals surface area contributed by atoms with E-state index < -0.39 is 10.5 Å². The average Bonchev–Trinajstić information content (AvgIpc) is 1.84. The molecular formula is C6H9BrO3. The van der Waals surface area contributed by atoms with Crippen LogP contribution in [0.1, 0.15) is 6.92 Å². The monoisotopic (exact) mass is 208 g/mol. The van der Waals surface area contributed by atoms with Gasteiger partial charge in [0.25, 0.3) is 0 Å². The molecule has 0 aliphatic rings. The lowest BCUT2D eigenvalue weighted by Crippen LogP contribution is -2.31. The second-order valence-corrected chi connectivity index (χ2v) is 3.33. The summed E-state index contributed by atoms with van der Waals surface area (Å²) in [6.45, 7) is 5.02. The molecule has 0 heterocycles. The maximum atomic E-state index is 10.3. The highest BCUT2D eigenvalue weighted by atomic mass is 79.9. The van der Waals surface area contributed by atoms with Gasteiger partial charge in [0.05, 0.1) is 6.61 Å². The molecule has 0 saturated carbocycles. The third kappa shape index (κ3) is 2.98. The molecule has 0 aromatic carbocycles. The average molecular weight is 209 g/mol. The quantitative estimate of drug-likeness (QED) is 0.562. The van der Waals surface area contributed by atoms with E-state index in [1.807, 2.05) is 0 Å². The Morgan fingerprint density at radius 1 is 2.00 bits per heavy atom. The van der Waals surface area contributed by atoms with E-state index in [2.05, 4.69) is 22.5 Å². The molecule has 10 heavy (non-hydrogen) atoms. The fourth-order valence-corrected chi connectivity index (χ4v) is 0.409. The SMILES string of the molecule is C=CCOC(C)(Br)C(=O)O. The summed E-state index contributed by atoms with van der Waals surface area (Å²) in [5.41, 5.74) is 0. The number of hydrogen-bond acceptors (Lipinski definition) is 2. The summed E-state index contributed by atoms with van der Waals surface area (Å²) in [5.74, 6) is -1.05. The Labute approximate surface area is 67.8 Å². The van der Waals surface area contributed by atoms with E-state index >= 15 is 0 Å². The molecule has 0 saturated heterocycles. The predicted octanol–water partition coefficient (Wildman–Crippen LogP) is 1.38. The first-order valence-corrected chi connectivity index (χ1v) is 3.47. The van der Waals surface area contributed by atoms with Crippen LogP contribution in [0.5, 0.6) is 0 Å². The molecule has 0 aliphatic carbocycles. The Hall–Kier alpha value is -0.350. The fraction of sp³-hybridized carbons (Fsp3) is 0.500. The molecule has 0 radical (unpaired) electrons. The third-order valence-electron chi connectivity index (χ3n) is 0.854. The molecule has 0 rings (SSSR count). The number of halogens is 1. The van der Waals surface area contributed by atoms with Crippen molar-refractivity contribution in [1.29, 1.82) is 0 Å². The van der Waals surface area contributed by atoms with E-state index in [0.29, 0.717) is 0 Å². The first kappa shape index (κ1) is 9.65. The van der Waals surface area contributed by atoms with Gasteiger partial charge in [0, 0.05) is 0 Å². The number of aliphatic carboxylic acids is 1. The summed E-state index contributed by atoms with van der Waals surface area (Å²) in [4.78, 5) is 10.3. The summed E-state index contributed by atoms with van der Waals surface area (Å²) in [6.07, 6.45) is 1.49. The van der Waals surface area contributed by atoms with Gasteiger partial charge >= 0.3 is 5.97 Å². The summed E-state index contributed by atoms with van der Waals surface area (Å²) in [5, 5.41) is 8.46. The van der Waals surface area contributed by atoms with Crippen LogP contribution in [0, 0.1) is 0 Å². The first-order valence-electron chi connectivity index (χ1n) is 2.68. The summed E-state index contributed by atoms with van der Waals surface area (Å²) < 4.78 is 3.55. The molecule has 58 valence electrons. The predicted molar refractivity (Wildman–Crippen MR) is 41.1 cm³/mol. The second-order valence-electron chi connectivity index (χ2n) is 1.82. The highest BCUT2D eigenvalue weighted by molar-refractivity contribution is 9.10. The zero-order chi connectivity index (χ0) is 8.20. The Balaban J connectivity index is 3.86. The van der Waals surface area contributed by atoms with E-state index in [1.165, 1.54) is 13.0 Å². The van der Waals surface area contributed by atoms with Crippen LogP contribution in [0.2, 0.25) is 0 Å². The van der Waals surface area contributed by atoms with Crippen molar-refractivity contribution in [3.63, 3.8) is 0 Å². The van der Waals surface area contributed by atoms with E-state index in [9.17, 15) is 4.79 Å². The van der Waals surface area contributed by atoms with Gasteiger partial charge < -0.3 is 9.84 Å². The number of alkyl halides is 1. The van der Waals surface area contributed by atoms with Gasteiger partial charge in [0.15, 0.2) is 0 Å². The molecule has 0 spiro atoms. The lowest BCUT2D eigenvalue weighted by molar-refractivity contribution is -0.150. The lowest BCUT2D eigenvalue weighted by Gasteiger charge is -2.15. The summed E-state index contributed by atoms with van der Waals surface area (Å²) in [7, 11) is 0. The Morgan fingerprint density at radius 2 is 2.50 bits per heavy atom. The number of carboxylic acid groups (broad SMARTS) is 1. The van der Waals surface area contributed by atoms with Crippen LogP contribution in [0.15, 0.2) is 12.7 Å². The molecule has 0 aliphatic heterocycles. The minimum Gasteiger partial charge on any atom is -0.478 e. The van der Waals surface area contributed by atoms with Crippen molar-refractivity contribution in [2.24, 2.45) is 0 Å². The van der Waals surface area contributed by atoms with Crippen molar-refractivity contribution in [1.82, 2.24) is 0 Å². The second kappa shape index (κ2) is 3.73. The van der Waals surface area contributed by atoms with Crippen LogP contribution in [-0.4, -0.2) is 22.2 Å². The largest absolute Gasteiger partial charge is 0.478 e. The molecule has 4 heteroatoms. The van der Waals surface area contributed by atoms with Crippen LogP contribution in [-0.2, 0) is 9.53 Å². The van der Waals surface area contributed by atoms with Gasteiger partial charge in [-0.1, -0.05) is 6.08 Å². The number of carboxylic acids is 1. The highest BCUT2D eigenvalue weighted by Crippen LogP contribution is 2.18. The van der Waals surface area contributed by atoms with Gasteiger partial charge in [-0.25, -0.2) is 4.79 Å². The highest BCUT2D eigenvalue weighted by Gasteiger charge is 2.29. The summed E-state index contributed by atoms with van der Waals surface area (Å²) >= 11 is 2.88. The van der Waals surface area contributed by atoms with E-state index in [4.69, 9.17) is 9.84 Å². The summed E-state index contributed by atoms with van der Waals surface area (Å²) in [6, 6.07) is 0. The van der Waals surface area contributed by atoms with Crippen molar-refractivity contribution in [2.75, 3.05) is 6.61 Å². The van der Waals surface area contributed by atoms with Gasteiger partial charge in [-0.3, -0.25) is 0 Å². The fourth-order valence-electron chi connectivity index (χ4n) is 0.277. The van der Waals surface area contributed by atoms with Crippen molar-refractivity contribution in [2.45, 2.75) is 11.4 Å². The Kier molecular flexibility index (Phi) is 3.60. The van der Waals surface area contributed by atoms with E-state index in [0.717, 1.165) is 0 Å². The first-order chi connectivity index (χ1) is 4.50. The number of rotatable bonds is 4. The zero-order valence-corrected chi connectivity index (χ0v) is 7.22. The molecule has 1 N–H and O–H groups in total. The van der Waals surface area contributed by atoms with Crippen molar-refractivity contribution < 1.29 is 14.6 Å². The molecule has 3 nitrogen and oxygen atoms in total. The van der Waals surface area contributed by atoms with Crippen LogP contribution in [0.4, 0.5) is 0 Å². The van der Waals surface area contributed by atoms with Crippen LogP contribution < -0.4 is 0 Å².